The summed E-state index contributed by atoms with van der Waals surface area (Å²) in [7, 11) is 1.79. The molecule has 0 saturated heterocycles. The Labute approximate surface area is 123 Å². The summed E-state index contributed by atoms with van der Waals surface area (Å²) >= 11 is 5.95. The number of halogens is 1. The summed E-state index contributed by atoms with van der Waals surface area (Å²) in [4.78, 5) is 12.8. The summed E-state index contributed by atoms with van der Waals surface area (Å²) in [5, 5.41) is 3.20. The molecule has 0 bridgehead atoms. The minimum atomic E-state index is 0.215. The normalized spacial score (nSPS) is 10.9. The van der Waals surface area contributed by atoms with Crippen molar-refractivity contribution in [2.75, 3.05) is 12.4 Å². The standard InChI is InChI=1S/C14H18ClN5/c1-4-6-10(7-5-2)8-20-9-17-11-12(16-3)18-14(15)19-13(11)20/h4-5,9-10H,1-2,6-8H2,3H3,(H,16,18,19). The molecule has 0 unspecified atom stereocenters. The molecule has 6 heteroatoms. The van der Waals surface area contributed by atoms with Gasteiger partial charge in [0.05, 0.1) is 6.33 Å². The van der Waals surface area contributed by atoms with Crippen LogP contribution in [0.2, 0.25) is 5.28 Å². The largest absolute Gasteiger partial charge is 0.371 e. The number of anilines is 1. The fourth-order valence-electron chi connectivity index (χ4n) is 2.22. The van der Waals surface area contributed by atoms with Crippen LogP contribution in [0.25, 0.3) is 11.2 Å². The number of nitrogens with one attached hydrogen (secondary N) is 1. The number of nitrogens with zero attached hydrogens (tertiary/aromatic N) is 4. The van der Waals surface area contributed by atoms with Crippen LogP contribution in [0.5, 0.6) is 0 Å². The van der Waals surface area contributed by atoms with Crippen molar-refractivity contribution in [1.82, 2.24) is 19.5 Å². The highest BCUT2D eigenvalue weighted by atomic mass is 35.5. The van der Waals surface area contributed by atoms with Crippen molar-refractivity contribution in [3.63, 3.8) is 0 Å². The van der Waals surface area contributed by atoms with Crippen molar-refractivity contribution in [1.29, 1.82) is 0 Å². The van der Waals surface area contributed by atoms with E-state index < -0.39 is 0 Å². The lowest BCUT2D eigenvalue weighted by molar-refractivity contribution is 0.458. The van der Waals surface area contributed by atoms with Crippen LogP contribution < -0.4 is 5.32 Å². The Bertz CT molecular complexity index is 609. The molecule has 0 fully saturated rings. The molecule has 0 amide bonds. The lowest BCUT2D eigenvalue weighted by Gasteiger charge is -2.14. The van der Waals surface area contributed by atoms with Crippen LogP contribution in [0.4, 0.5) is 5.82 Å². The molecule has 0 aliphatic heterocycles. The first-order chi connectivity index (χ1) is 9.69. The van der Waals surface area contributed by atoms with Crippen molar-refractivity contribution in [3.8, 4) is 0 Å². The molecule has 0 spiro atoms. The number of hydrogen-bond donors (Lipinski definition) is 1. The van der Waals surface area contributed by atoms with Gasteiger partial charge in [0.15, 0.2) is 17.0 Å². The Morgan fingerprint density at radius 1 is 1.35 bits per heavy atom. The Kier molecular flexibility index (Phi) is 4.74. The van der Waals surface area contributed by atoms with E-state index in [1.165, 1.54) is 0 Å². The molecule has 1 N–H and O–H groups in total. The maximum atomic E-state index is 5.95. The maximum Gasteiger partial charge on any atom is 0.226 e. The van der Waals surface area contributed by atoms with Gasteiger partial charge in [0.1, 0.15) is 0 Å². The number of allylic oxidation sites excluding steroid dienone is 2. The zero-order valence-electron chi connectivity index (χ0n) is 11.5. The number of aromatic nitrogens is 4. The molecular weight excluding hydrogens is 274 g/mol. The quantitative estimate of drug-likeness (QED) is 0.628. The molecule has 2 aromatic heterocycles. The van der Waals surface area contributed by atoms with Gasteiger partial charge in [-0.25, -0.2) is 4.98 Å². The molecule has 0 saturated carbocycles. The highest BCUT2D eigenvalue weighted by Crippen LogP contribution is 2.22. The first-order valence-corrected chi connectivity index (χ1v) is 6.85. The lowest BCUT2D eigenvalue weighted by Crippen LogP contribution is -2.09. The molecule has 0 aliphatic rings. The molecule has 5 nitrogen and oxygen atoms in total. The summed E-state index contributed by atoms with van der Waals surface area (Å²) in [6.45, 7) is 8.40. The predicted molar refractivity (Wildman–Crippen MR) is 83.0 cm³/mol. The Morgan fingerprint density at radius 3 is 2.65 bits per heavy atom. The average Bonchev–Trinajstić information content (AvgIpc) is 2.81. The minimum Gasteiger partial charge on any atom is -0.371 e. The van der Waals surface area contributed by atoms with Gasteiger partial charge in [-0.3, -0.25) is 0 Å². The topological polar surface area (TPSA) is 55.6 Å². The smallest absolute Gasteiger partial charge is 0.226 e. The van der Waals surface area contributed by atoms with Gasteiger partial charge in [-0.05, 0) is 30.4 Å². The minimum absolute atomic E-state index is 0.215. The summed E-state index contributed by atoms with van der Waals surface area (Å²) in [6.07, 6.45) is 7.46. The third-order valence-corrected chi connectivity index (χ3v) is 3.30. The molecule has 2 rings (SSSR count). The first-order valence-electron chi connectivity index (χ1n) is 6.47. The van der Waals surface area contributed by atoms with Gasteiger partial charge in [0.2, 0.25) is 5.28 Å². The number of hydrogen-bond acceptors (Lipinski definition) is 4. The molecule has 20 heavy (non-hydrogen) atoms. The summed E-state index contributed by atoms with van der Waals surface area (Å²) in [5.41, 5.74) is 1.47. The molecule has 0 aromatic carbocycles. The van der Waals surface area contributed by atoms with Crippen LogP contribution in [0.15, 0.2) is 31.6 Å². The van der Waals surface area contributed by atoms with E-state index >= 15 is 0 Å². The van der Waals surface area contributed by atoms with E-state index in [0.29, 0.717) is 11.7 Å². The zero-order valence-corrected chi connectivity index (χ0v) is 12.3. The van der Waals surface area contributed by atoms with Gasteiger partial charge in [-0.2, -0.15) is 9.97 Å². The van der Waals surface area contributed by atoms with Crippen molar-refractivity contribution in [2.24, 2.45) is 5.92 Å². The fourth-order valence-corrected chi connectivity index (χ4v) is 2.39. The Morgan fingerprint density at radius 2 is 2.05 bits per heavy atom. The number of fused-ring (bicyclic) bond motifs is 1. The van der Waals surface area contributed by atoms with E-state index in [9.17, 15) is 0 Å². The number of imidazole rings is 1. The van der Waals surface area contributed by atoms with E-state index in [1.807, 2.05) is 16.7 Å². The average molecular weight is 292 g/mol. The van der Waals surface area contributed by atoms with Crippen molar-refractivity contribution < 1.29 is 0 Å². The summed E-state index contributed by atoms with van der Waals surface area (Å²) in [5.74, 6) is 1.07. The van der Waals surface area contributed by atoms with Crippen LogP contribution in [0.1, 0.15) is 12.8 Å². The first kappa shape index (κ1) is 14.5. The highest BCUT2D eigenvalue weighted by molar-refractivity contribution is 6.28. The van der Waals surface area contributed by atoms with Gasteiger partial charge in [0.25, 0.3) is 0 Å². The van der Waals surface area contributed by atoms with Gasteiger partial charge < -0.3 is 9.88 Å². The van der Waals surface area contributed by atoms with Crippen LogP contribution in [0.3, 0.4) is 0 Å². The highest BCUT2D eigenvalue weighted by Gasteiger charge is 2.14. The fraction of sp³-hybridized carbons (Fsp3) is 0.357. The summed E-state index contributed by atoms with van der Waals surface area (Å²) < 4.78 is 2.00. The van der Waals surface area contributed by atoms with Gasteiger partial charge in [0, 0.05) is 13.6 Å². The van der Waals surface area contributed by atoms with E-state index in [-0.39, 0.29) is 5.28 Å². The molecular formula is C14H18ClN5. The Hall–Kier alpha value is -1.88. The van der Waals surface area contributed by atoms with Crippen LogP contribution in [-0.2, 0) is 6.54 Å². The van der Waals surface area contributed by atoms with Crippen molar-refractivity contribution >= 4 is 28.6 Å². The molecule has 0 aliphatic carbocycles. The van der Waals surface area contributed by atoms with E-state index in [4.69, 9.17) is 11.6 Å². The van der Waals surface area contributed by atoms with Gasteiger partial charge in [-0.1, -0.05) is 12.2 Å². The molecule has 2 aromatic rings. The molecule has 0 atom stereocenters. The predicted octanol–water partition coefficient (Wildman–Crippen LogP) is 3.29. The maximum absolute atomic E-state index is 5.95. The van der Waals surface area contributed by atoms with Crippen LogP contribution in [0, 0.1) is 5.92 Å². The van der Waals surface area contributed by atoms with Gasteiger partial charge >= 0.3 is 0 Å². The Balaban J connectivity index is 2.37. The van der Waals surface area contributed by atoms with E-state index in [1.54, 1.807) is 13.4 Å². The second kappa shape index (κ2) is 6.52. The van der Waals surface area contributed by atoms with Gasteiger partial charge in [-0.15, -0.1) is 13.2 Å². The molecule has 2 heterocycles. The number of rotatable bonds is 7. The zero-order chi connectivity index (χ0) is 14.5. The van der Waals surface area contributed by atoms with Crippen molar-refractivity contribution in [3.05, 3.63) is 36.9 Å². The SMILES string of the molecule is C=CCC(CC=C)Cn1cnc2c(NC)nc(Cl)nc21. The molecule has 106 valence electrons. The third kappa shape index (κ3) is 2.99. The van der Waals surface area contributed by atoms with E-state index in [2.05, 4.69) is 33.4 Å². The monoisotopic (exact) mass is 291 g/mol. The van der Waals surface area contributed by atoms with Crippen LogP contribution >= 0.6 is 11.6 Å². The van der Waals surface area contributed by atoms with Crippen LogP contribution in [-0.4, -0.2) is 26.6 Å². The second-order valence-electron chi connectivity index (χ2n) is 4.58. The summed E-state index contributed by atoms with van der Waals surface area (Å²) in [6, 6.07) is 0. The van der Waals surface area contributed by atoms with E-state index in [0.717, 1.165) is 30.6 Å². The second-order valence-corrected chi connectivity index (χ2v) is 4.91. The lowest BCUT2D eigenvalue weighted by atomic mass is 10.0. The molecule has 0 radical (unpaired) electrons. The third-order valence-electron chi connectivity index (χ3n) is 3.13. The van der Waals surface area contributed by atoms with Crippen molar-refractivity contribution in [2.45, 2.75) is 19.4 Å².